The van der Waals surface area contributed by atoms with Gasteiger partial charge in [-0.25, -0.2) is 9.97 Å². The third-order valence-electron chi connectivity index (χ3n) is 5.33. The molecule has 2 aliphatic heterocycles. The zero-order chi connectivity index (χ0) is 17.2. The normalized spacial score (nSPS) is 18.6. The average molecular weight is 340 g/mol. The highest BCUT2D eigenvalue weighted by molar-refractivity contribution is 5.31. The molecule has 6 heteroatoms. The number of fused-ring (bicyclic) bond motifs is 1. The van der Waals surface area contributed by atoms with E-state index in [1.54, 1.807) is 0 Å². The Kier molecular flexibility index (Phi) is 4.70. The zero-order valence-corrected chi connectivity index (χ0v) is 15.3. The molecule has 1 fully saturated rings. The van der Waals surface area contributed by atoms with E-state index in [1.165, 1.54) is 41.8 Å². The number of anilines is 1. The molecule has 25 heavy (non-hydrogen) atoms. The van der Waals surface area contributed by atoms with Crippen molar-refractivity contribution in [3.8, 4) is 0 Å². The molecule has 2 aromatic heterocycles. The summed E-state index contributed by atoms with van der Waals surface area (Å²) in [6, 6.07) is 0. The minimum absolute atomic E-state index is 0.465. The molecule has 2 aliphatic rings. The fourth-order valence-corrected chi connectivity index (χ4v) is 3.93. The second-order valence-corrected chi connectivity index (χ2v) is 7.62. The lowest BCUT2D eigenvalue weighted by molar-refractivity contribution is 0.243. The maximum Gasteiger partial charge on any atom is 0.225 e. The predicted octanol–water partition coefficient (Wildman–Crippen LogP) is 2.87. The molecule has 0 aliphatic carbocycles. The number of aromatic nitrogens is 4. The van der Waals surface area contributed by atoms with Gasteiger partial charge in [0.1, 0.15) is 0 Å². The lowest BCUT2D eigenvalue weighted by Crippen LogP contribution is -2.32. The van der Waals surface area contributed by atoms with Crippen molar-refractivity contribution in [1.82, 2.24) is 25.1 Å². The van der Waals surface area contributed by atoms with Crippen LogP contribution in [-0.4, -0.2) is 44.7 Å². The monoisotopic (exact) mass is 340 g/mol. The van der Waals surface area contributed by atoms with E-state index in [2.05, 4.69) is 43.8 Å². The summed E-state index contributed by atoms with van der Waals surface area (Å²) >= 11 is 0. The smallest absolute Gasteiger partial charge is 0.225 e. The number of aromatic amines is 1. The van der Waals surface area contributed by atoms with Gasteiger partial charge in [0.15, 0.2) is 0 Å². The summed E-state index contributed by atoms with van der Waals surface area (Å²) in [6.07, 6.45) is 8.89. The second-order valence-electron chi connectivity index (χ2n) is 7.62. The summed E-state index contributed by atoms with van der Waals surface area (Å²) in [5.74, 6) is 1.36. The van der Waals surface area contributed by atoms with Crippen LogP contribution in [0.5, 0.6) is 0 Å². The van der Waals surface area contributed by atoms with E-state index < -0.39 is 0 Å². The Labute approximate surface area is 149 Å². The van der Waals surface area contributed by atoms with Crippen LogP contribution >= 0.6 is 0 Å². The van der Waals surface area contributed by atoms with Crippen molar-refractivity contribution < 1.29 is 0 Å². The number of H-pyrrole nitrogens is 1. The van der Waals surface area contributed by atoms with Gasteiger partial charge in [0, 0.05) is 68.4 Å². The molecule has 0 spiro atoms. The van der Waals surface area contributed by atoms with Crippen molar-refractivity contribution in [3.05, 3.63) is 34.9 Å². The number of piperidine rings is 1. The fourth-order valence-electron chi connectivity index (χ4n) is 3.93. The Balaban J connectivity index is 1.41. The Morgan fingerprint density at radius 1 is 1.08 bits per heavy atom. The highest BCUT2D eigenvalue weighted by atomic mass is 15.2. The molecule has 2 aromatic rings. The first-order valence-corrected chi connectivity index (χ1v) is 9.55. The highest BCUT2D eigenvalue weighted by Crippen LogP contribution is 2.26. The summed E-state index contributed by atoms with van der Waals surface area (Å²) in [5, 5.41) is 7.75. The predicted molar refractivity (Wildman–Crippen MR) is 98.6 cm³/mol. The standard InChI is InChI=1S/C19H28N6/c1-14(2)18-16-13-24(9-6-17(16)22-23-18)12-15-10-20-19(21-11-15)25-7-4-3-5-8-25/h10-11,14H,3-9,12-13H2,1-2H3,(H,22,23). The molecule has 1 N–H and O–H groups in total. The largest absolute Gasteiger partial charge is 0.341 e. The van der Waals surface area contributed by atoms with Crippen molar-refractivity contribution in [2.75, 3.05) is 24.5 Å². The molecule has 0 radical (unpaired) electrons. The van der Waals surface area contributed by atoms with Crippen molar-refractivity contribution in [3.63, 3.8) is 0 Å². The third kappa shape index (κ3) is 3.54. The number of hydrogen-bond acceptors (Lipinski definition) is 5. The third-order valence-corrected chi connectivity index (χ3v) is 5.33. The van der Waals surface area contributed by atoms with Gasteiger partial charge in [0.05, 0.1) is 5.69 Å². The molecule has 4 heterocycles. The van der Waals surface area contributed by atoms with Gasteiger partial charge in [-0.05, 0) is 25.2 Å². The summed E-state index contributed by atoms with van der Waals surface area (Å²) in [6.45, 7) is 9.53. The van der Waals surface area contributed by atoms with Gasteiger partial charge < -0.3 is 4.90 Å². The molecule has 6 nitrogen and oxygen atoms in total. The summed E-state index contributed by atoms with van der Waals surface area (Å²) < 4.78 is 0. The lowest BCUT2D eigenvalue weighted by atomic mass is 9.99. The van der Waals surface area contributed by atoms with E-state index in [9.17, 15) is 0 Å². The number of nitrogens with zero attached hydrogens (tertiary/aromatic N) is 5. The van der Waals surface area contributed by atoms with E-state index in [-0.39, 0.29) is 0 Å². The van der Waals surface area contributed by atoms with Gasteiger partial charge in [-0.2, -0.15) is 5.10 Å². The molecule has 0 bridgehead atoms. The average Bonchev–Trinajstić information content (AvgIpc) is 3.07. The van der Waals surface area contributed by atoms with E-state index in [1.807, 2.05) is 12.4 Å². The van der Waals surface area contributed by atoms with Crippen LogP contribution in [0.25, 0.3) is 0 Å². The topological polar surface area (TPSA) is 60.9 Å². The van der Waals surface area contributed by atoms with Crippen LogP contribution in [0.3, 0.4) is 0 Å². The lowest BCUT2D eigenvalue weighted by Gasteiger charge is -2.28. The summed E-state index contributed by atoms with van der Waals surface area (Å²) in [5.41, 5.74) is 5.12. The maximum atomic E-state index is 4.62. The SMILES string of the molecule is CC(C)c1n[nH]c2c1CN(Cc1cnc(N3CCCCC3)nc1)CC2. The van der Waals surface area contributed by atoms with E-state index in [0.29, 0.717) is 5.92 Å². The molecule has 0 saturated carbocycles. The Hall–Kier alpha value is -1.95. The minimum Gasteiger partial charge on any atom is -0.341 e. The molecule has 0 amide bonds. The van der Waals surface area contributed by atoms with E-state index in [0.717, 1.165) is 45.1 Å². The van der Waals surface area contributed by atoms with E-state index >= 15 is 0 Å². The van der Waals surface area contributed by atoms with Crippen LogP contribution in [0.4, 0.5) is 5.95 Å². The fraction of sp³-hybridized carbons (Fsp3) is 0.632. The van der Waals surface area contributed by atoms with Gasteiger partial charge in [0.2, 0.25) is 5.95 Å². The molecule has 0 unspecified atom stereocenters. The van der Waals surface area contributed by atoms with Crippen molar-refractivity contribution in [1.29, 1.82) is 0 Å². The van der Waals surface area contributed by atoms with Crippen LogP contribution in [0.2, 0.25) is 0 Å². The van der Waals surface area contributed by atoms with Gasteiger partial charge in [-0.1, -0.05) is 13.8 Å². The maximum absolute atomic E-state index is 4.62. The van der Waals surface area contributed by atoms with Crippen LogP contribution in [0.15, 0.2) is 12.4 Å². The zero-order valence-electron chi connectivity index (χ0n) is 15.3. The number of rotatable bonds is 4. The summed E-state index contributed by atoms with van der Waals surface area (Å²) in [7, 11) is 0. The Morgan fingerprint density at radius 2 is 1.84 bits per heavy atom. The molecule has 4 rings (SSSR count). The first-order valence-electron chi connectivity index (χ1n) is 9.55. The minimum atomic E-state index is 0.465. The van der Waals surface area contributed by atoms with Gasteiger partial charge in [0.25, 0.3) is 0 Å². The van der Waals surface area contributed by atoms with Crippen molar-refractivity contribution in [2.24, 2.45) is 0 Å². The Bertz CT molecular complexity index is 699. The molecule has 1 saturated heterocycles. The number of nitrogens with one attached hydrogen (secondary N) is 1. The van der Waals surface area contributed by atoms with Crippen molar-refractivity contribution >= 4 is 5.95 Å². The van der Waals surface area contributed by atoms with Crippen LogP contribution in [0.1, 0.15) is 61.5 Å². The summed E-state index contributed by atoms with van der Waals surface area (Å²) in [4.78, 5) is 14.0. The van der Waals surface area contributed by atoms with Crippen molar-refractivity contribution in [2.45, 2.75) is 58.5 Å². The van der Waals surface area contributed by atoms with Gasteiger partial charge in [-0.3, -0.25) is 10.00 Å². The second kappa shape index (κ2) is 7.12. The Morgan fingerprint density at radius 3 is 2.56 bits per heavy atom. The highest BCUT2D eigenvalue weighted by Gasteiger charge is 2.23. The molecular weight excluding hydrogens is 312 g/mol. The van der Waals surface area contributed by atoms with E-state index in [4.69, 9.17) is 0 Å². The van der Waals surface area contributed by atoms with Gasteiger partial charge >= 0.3 is 0 Å². The van der Waals surface area contributed by atoms with Gasteiger partial charge in [-0.15, -0.1) is 0 Å². The molecular formula is C19H28N6. The molecule has 134 valence electrons. The van der Waals surface area contributed by atoms with Crippen LogP contribution in [-0.2, 0) is 19.5 Å². The first kappa shape index (κ1) is 16.5. The van der Waals surface area contributed by atoms with Crippen LogP contribution < -0.4 is 4.90 Å². The quantitative estimate of drug-likeness (QED) is 0.927. The molecule has 0 atom stereocenters. The van der Waals surface area contributed by atoms with Crippen LogP contribution in [0, 0.1) is 0 Å². The first-order chi connectivity index (χ1) is 12.2. The molecule has 0 aromatic carbocycles. The number of hydrogen-bond donors (Lipinski definition) is 1.